The van der Waals surface area contributed by atoms with Crippen molar-refractivity contribution in [3.05, 3.63) is 40.3 Å². The Morgan fingerprint density at radius 1 is 1.35 bits per heavy atom. The molecule has 0 saturated carbocycles. The summed E-state index contributed by atoms with van der Waals surface area (Å²) in [7, 11) is 1.69. The van der Waals surface area contributed by atoms with E-state index in [1.165, 1.54) is 0 Å². The number of nitrogens with one attached hydrogen (secondary N) is 1. The number of methoxy groups -OCH3 is 1. The third-order valence-electron chi connectivity index (χ3n) is 2.67. The first-order valence-corrected chi connectivity index (χ1v) is 7.15. The number of ether oxygens (including phenoxy) is 1. The van der Waals surface area contributed by atoms with Crippen LogP contribution in [0.2, 0.25) is 0 Å². The van der Waals surface area contributed by atoms with Crippen molar-refractivity contribution in [2.75, 3.05) is 20.3 Å². The third kappa shape index (κ3) is 4.06. The van der Waals surface area contributed by atoms with Crippen molar-refractivity contribution in [3.63, 3.8) is 0 Å². The summed E-state index contributed by atoms with van der Waals surface area (Å²) in [6, 6.07) is 5.78. The Morgan fingerprint density at radius 2 is 2.20 bits per heavy atom. The van der Waals surface area contributed by atoms with Gasteiger partial charge in [-0.3, -0.25) is 4.98 Å². The van der Waals surface area contributed by atoms with E-state index < -0.39 is 0 Å². The van der Waals surface area contributed by atoms with Gasteiger partial charge in [-0.05, 0) is 41.1 Å². The van der Waals surface area contributed by atoms with Gasteiger partial charge in [-0.1, -0.05) is 0 Å². The molecule has 0 atom stereocenters. The Hall–Kier alpha value is -1.37. The lowest BCUT2D eigenvalue weighted by Gasteiger charge is -2.08. The SMILES string of the molecule is COCCNCc1cc(C)nc(-c2ncccc2Br)n1. The van der Waals surface area contributed by atoms with Crippen LogP contribution in [0.3, 0.4) is 0 Å². The third-order valence-corrected chi connectivity index (χ3v) is 3.31. The van der Waals surface area contributed by atoms with E-state index in [0.717, 1.165) is 28.1 Å². The largest absolute Gasteiger partial charge is 0.383 e. The van der Waals surface area contributed by atoms with Crippen molar-refractivity contribution in [2.45, 2.75) is 13.5 Å². The van der Waals surface area contributed by atoms with Crippen molar-refractivity contribution in [1.29, 1.82) is 0 Å². The molecule has 0 radical (unpaired) electrons. The predicted octanol–water partition coefficient (Wildman–Crippen LogP) is 2.35. The van der Waals surface area contributed by atoms with E-state index in [9.17, 15) is 0 Å². The summed E-state index contributed by atoms with van der Waals surface area (Å²) < 4.78 is 5.89. The van der Waals surface area contributed by atoms with Crippen LogP contribution in [0.1, 0.15) is 11.4 Å². The van der Waals surface area contributed by atoms with Crippen LogP contribution in [0, 0.1) is 6.92 Å². The molecule has 5 nitrogen and oxygen atoms in total. The van der Waals surface area contributed by atoms with Gasteiger partial charge in [0.05, 0.1) is 12.3 Å². The summed E-state index contributed by atoms with van der Waals surface area (Å²) in [5, 5.41) is 3.28. The number of hydrogen-bond donors (Lipinski definition) is 1. The lowest BCUT2D eigenvalue weighted by Crippen LogP contribution is -2.19. The van der Waals surface area contributed by atoms with Crippen LogP contribution in [0.15, 0.2) is 28.9 Å². The van der Waals surface area contributed by atoms with E-state index in [4.69, 9.17) is 4.74 Å². The first-order valence-electron chi connectivity index (χ1n) is 6.36. The molecule has 2 rings (SSSR count). The van der Waals surface area contributed by atoms with Gasteiger partial charge in [-0.25, -0.2) is 9.97 Å². The fourth-order valence-corrected chi connectivity index (χ4v) is 2.20. The van der Waals surface area contributed by atoms with Gasteiger partial charge in [0.1, 0.15) is 5.69 Å². The Kier molecular flexibility index (Phi) is 5.58. The zero-order valence-corrected chi connectivity index (χ0v) is 13.1. The highest BCUT2D eigenvalue weighted by Crippen LogP contribution is 2.22. The summed E-state index contributed by atoms with van der Waals surface area (Å²) in [5.74, 6) is 0.640. The Balaban J connectivity index is 2.18. The molecular formula is C14H17BrN4O. The monoisotopic (exact) mass is 336 g/mol. The summed E-state index contributed by atoms with van der Waals surface area (Å²) in [6.07, 6.45) is 1.74. The maximum atomic E-state index is 5.00. The van der Waals surface area contributed by atoms with Crippen LogP contribution in [0.5, 0.6) is 0 Å². The van der Waals surface area contributed by atoms with Crippen molar-refractivity contribution in [2.24, 2.45) is 0 Å². The van der Waals surface area contributed by atoms with Gasteiger partial charge < -0.3 is 10.1 Å². The first kappa shape index (κ1) is 15.0. The van der Waals surface area contributed by atoms with Gasteiger partial charge in [-0.15, -0.1) is 0 Å². The molecule has 0 amide bonds. The molecular weight excluding hydrogens is 320 g/mol. The van der Waals surface area contributed by atoms with Crippen molar-refractivity contribution < 1.29 is 4.74 Å². The summed E-state index contributed by atoms with van der Waals surface area (Å²) >= 11 is 3.48. The van der Waals surface area contributed by atoms with E-state index in [-0.39, 0.29) is 0 Å². The molecule has 2 heterocycles. The number of pyridine rings is 1. The molecule has 0 aliphatic carbocycles. The average molecular weight is 337 g/mol. The smallest absolute Gasteiger partial charge is 0.179 e. The number of aryl methyl sites for hydroxylation is 1. The second kappa shape index (κ2) is 7.42. The molecule has 0 bridgehead atoms. The molecule has 2 aromatic rings. The van der Waals surface area contributed by atoms with Gasteiger partial charge >= 0.3 is 0 Å². The molecule has 20 heavy (non-hydrogen) atoms. The quantitative estimate of drug-likeness (QED) is 0.820. The molecule has 0 aliphatic heterocycles. The van der Waals surface area contributed by atoms with E-state index in [0.29, 0.717) is 19.0 Å². The standard InChI is InChI=1S/C14H17BrN4O/c1-10-8-11(9-16-6-7-20-2)19-14(18-10)13-12(15)4-3-5-17-13/h3-5,8,16H,6-7,9H2,1-2H3. The van der Waals surface area contributed by atoms with E-state index in [1.54, 1.807) is 13.3 Å². The molecule has 6 heteroatoms. The van der Waals surface area contributed by atoms with Crippen LogP contribution in [0.25, 0.3) is 11.5 Å². The fraction of sp³-hybridized carbons (Fsp3) is 0.357. The second-order valence-corrected chi connectivity index (χ2v) is 5.18. The minimum absolute atomic E-state index is 0.640. The van der Waals surface area contributed by atoms with E-state index >= 15 is 0 Å². The van der Waals surface area contributed by atoms with Crippen LogP contribution in [-0.4, -0.2) is 35.2 Å². The molecule has 0 aromatic carbocycles. The normalized spacial score (nSPS) is 10.8. The first-order chi connectivity index (χ1) is 9.70. The lowest BCUT2D eigenvalue weighted by molar-refractivity contribution is 0.199. The van der Waals surface area contributed by atoms with Crippen molar-refractivity contribution in [3.8, 4) is 11.5 Å². The van der Waals surface area contributed by atoms with Crippen molar-refractivity contribution >= 4 is 15.9 Å². The number of halogens is 1. The molecule has 0 unspecified atom stereocenters. The maximum absolute atomic E-state index is 5.00. The number of hydrogen-bond acceptors (Lipinski definition) is 5. The van der Waals surface area contributed by atoms with Crippen LogP contribution in [0.4, 0.5) is 0 Å². The zero-order chi connectivity index (χ0) is 14.4. The van der Waals surface area contributed by atoms with E-state index in [2.05, 4.69) is 36.2 Å². The van der Waals surface area contributed by atoms with Gasteiger partial charge in [0.25, 0.3) is 0 Å². The van der Waals surface area contributed by atoms with Gasteiger partial charge in [-0.2, -0.15) is 0 Å². The predicted molar refractivity (Wildman–Crippen MR) is 81.3 cm³/mol. The molecule has 106 valence electrons. The molecule has 1 N–H and O–H groups in total. The van der Waals surface area contributed by atoms with Gasteiger partial charge in [0.2, 0.25) is 0 Å². The molecule has 0 saturated heterocycles. The van der Waals surface area contributed by atoms with Crippen LogP contribution >= 0.6 is 15.9 Å². The summed E-state index contributed by atoms with van der Waals surface area (Å²) in [6.45, 7) is 4.12. The van der Waals surface area contributed by atoms with Crippen molar-refractivity contribution in [1.82, 2.24) is 20.3 Å². The summed E-state index contributed by atoms with van der Waals surface area (Å²) in [4.78, 5) is 13.3. The van der Waals surface area contributed by atoms with E-state index in [1.807, 2.05) is 25.1 Å². The molecule has 0 aliphatic rings. The minimum Gasteiger partial charge on any atom is -0.383 e. The Labute approximate surface area is 127 Å². The maximum Gasteiger partial charge on any atom is 0.179 e. The fourth-order valence-electron chi connectivity index (χ4n) is 1.77. The number of nitrogens with zero attached hydrogens (tertiary/aromatic N) is 3. The van der Waals surface area contributed by atoms with Gasteiger partial charge in [0, 0.05) is 36.6 Å². The average Bonchev–Trinajstić information content (AvgIpc) is 2.43. The van der Waals surface area contributed by atoms with Crippen LogP contribution in [-0.2, 0) is 11.3 Å². The lowest BCUT2D eigenvalue weighted by atomic mass is 10.3. The van der Waals surface area contributed by atoms with Gasteiger partial charge in [0.15, 0.2) is 5.82 Å². The topological polar surface area (TPSA) is 59.9 Å². The second-order valence-electron chi connectivity index (χ2n) is 4.33. The molecule has 2 aromatic heterocycles. The highest BCUT2D eigenvalue weighted by molar-refractivity contribution is 9.10. The summed E-state index contributed by atoms with van der Waals surface area (Å²) in [5.41, 5.74) is 2.63. The molecule has 0 spiro atoms. The minimum atomic E-state index is 0.640. The molecule has 0 fully saturated rings. The highest BCUT2D eigenvalue weighted by atomic mass is 79.9. The zero-order valence-electron chi connectivity index (χ0n) is 11.6. The Bertz CT molecular complexity index is 577. The highest BCUT2D eigenvalue weighted by Gasteiger charge is 2.09. The number of rotatable bonds is 6. The number of aromatic nitrogens is 3. The Morgan fingerprint density at radius 3 is 2.95 bits per heavy atom. The van der Waals surface area contributed by atoms with Crippen LogP contribution < -0.4 is 5.32 Å².